The monoisotopic (exact) mass is 392 g/mol. The van der Waals surface area contributed by atoms with Gasteiger partial charge in [-0.2, -0.15) is 13.2 Å². The molecule has 2 aromatic carbocycles. The highest BCUT2D eigenvalue weighted by atomic mass is 19.4. The predicted molar refractivity (Wildman–Crippen MR) is 104 cm³/mol. The number of hydrogen-bond donors (Lipinski definition) is 1. The van der Waals surface area contributed by atoms with Gasteiger partial charge in [0.05, 0.1) is 11.7 Å². The number of hydrogen-bond acceptors (Lipinski definition) is 3. The maximum Gasteiger partial charge on any atom is 0.416 e. The third-order valence-electron chi connectivity index (χ3n) is 5.02. The molecule has 1 N–H and O–H groups in total. The van der Waals surface area contributed by atoms with Gasteiger partial charge in [-0.1, -0.05) is 48.5 Å². The van der Waals surface area contributed by atoms with Gasteiger partial charge in [0.15, 0.2) is 0 Å². The molecule has 1 saturated carbocycles. The van der Waals surface area contributed by atoms with Crippen LogP contribution in [0.1, 0.15) is 29.5 Å². The van der Waals surface area contributed by atoms with Crippen LogP contribution in [0.4, 0.5) is 13.2 Å². The van der Waals surface area contributed by atoms with Gasteiger partial charge in [0.1, 0.15) is 0 Å². The number of aliphatic hydroxyl groups excluding tert-OH is 1. The van der Waals surface area contributed by atoms with E-state index < -0.39 is 17.8 Å². The lowest BCUT2D eigenvalue weighted by atomic mass is 10.1. The van der Waals surface area contributed by atoms with E-state index in [9.17, 15) is 18.3 Å². The van der Waals surface area contributed by atoms with Gasteiger partial charge in [0.25, 0.3) is 0 Å². The van der Waals surface area contributed by atoms with Crippen molar-refractivity contribution in [1.82, 2.24) is 9.80 Å². The van der Waals surface area contributed by atoms with Gasteiger partial charge in [0, 0.05) is 32.2 Å². The smallest absolute Gasteiger partial charge is 0.390 e. The van der Waals surface area contributed by atoms with E-state index in [4.69, 9.17) is 0 Å². The zero-order valence-electron chi connectivity index (χ0n) is 16.1. The van der Waals surface area contributed by atoms with Gasteiger partial charge in [0.2, 0.25) is 0 Å². The minimum atomic E-state index is -4.36. The Hall–Kier alpha value is -1.89. The second kappa shape index (κ2) is 9.07. The minimum absolute atomic E-state index is 0.208. The SMILES string of the molecule is CN(Cc1ccccc1)CC(O)CN(Cc1ccccc1C(F)(F)F)C1CC1. The van der Waals surface area contributed by atoms with Crippen LogP contribution >= 0.6 is 0 Å². The first kappa shape index (κ1) is 20.8. The van der Waals surface area contributed by atoms with Crippen LogP contribution in [0.25, 0.3) is 0 Å². The van der Waals surface area contributed by atoms with Crippen molar-refractivity contribution in [3.8, 4) is 0 Å². The second-order valence-electron chi connectivity index (χ2n) is 7.65. The van der Waals surface area contributed by atoms with E-state index in [0.29, 0.717) is 13.1 Å². The van der Waals surface area contributed by atoms with Gasteiger partial charge in [-0.3, -0.25) is 9.80 Å². The highest BCUT2D eigenvalue weighted by Gasteiger charge is 2.35. The van der Waals surface area contributed by atoms with Gasteiger partial charge >= 0.3 is 6.18 Å². The number of benzene rings is 2. The molecule has 3 nitrogen and oxygen atoms in total. The molecule has 2 aromatic rings. The molecule has 0 spiro atoms. The average molecular weight is 392 g/mol. The Balaban J connectivity index is 1.59. The first-order chi connectivity index (χ1) is 13.3. The van der Waals surface area contributed by atoms with Gasteiger partial charge in [-0.25, -0.2) is 0 Å². The standard InChI is InChI=1S/C22H27F3N2O/c1-26(13-17-7-3-2-4-8-17)15-20(28)16-27(19-11-12-19)14-18-9-5-6-10-21(18)22(23,24)25/h2-10,19-20,28H,11-16H2,1H3. The molecule has 1 fully saturated rings. The number of rotatable bonds is 9. The molecule has 152 valence electrons. The van der Waals surface area contributed by atoms with Crippen molar-refractivity contribution in [2.24, 2.45) is 0 Å². The summed E-state index contributed by atoms with van der Waals surface area (Å²) >= 11 is 0. The van der Waals surface area contributed by atoms with E-state index in [2.05, 4.69) is 0 Å². The fourth-order valence-electron chi connectivity index (χ4n) is 3.58. The van der Waals surface area contributed by atoms with Crippen LogP contribution in [0, 0.1) is 0 Å². The van der Waals surface area contributed by atoms with Crippen molar-refractivity contribution in [3.63, 3.8) is 0 Å². The number of aliphatic hydroxyl groups is 1. The molecule has 28 heavy (non-hydrogen) atoms. The molecule has 1 atom stereocenters. The normalized spacial score (nSPS) is 16.0. The van der Waals surface area contributed by atoms with Gasteiger partial charge < -0.3 is 5.11 Å². The van der Waals surface area contributed by atoms with Gasteiger partial charge in [-0.15, -0.1) is 0 Å². The summed E-state index contributed by atoms with van der Waals surface area (Å²) in [7, 11) is 1.94. The molecule has 0 bridgehead atoms. The van der Waals surface area contributed by atoms with E-state index in [-0.39, 0.29) is 18.2 Å². The molecular formula is C22H27F3N2O. The van der Waals surface area contributed by atoms with Crippen LogP contribution in [0.3, 0.4) is 0 Å². The van der Waals surface area contributed by atoms with Crippen LogP contribution in [0.2, 0.25) is 0 Å². The Morgan fingerprint density at radius 2 is 1.61 bits per heavy atom. The molecule has 1 unspecified atom stereocenters. The lowest BCUT2D eigenvalue weighted by Crippen LogP contribution is -2.40. The Morgan fingerprint density at radius 1 is 0.964 bits per heavy atom. The Morgan fingerprint density at radius 3 is 2.25 bits per heavy atom. The van der Waals surface area contributed by atoms with Crippen LogP contribution in [-0.2, 0) is 19.3 Å². The maximum absolute atomic E-state index is 13.3. The van der Waals surface area contributed by atoms with E-state index in [1.807, 2.05) is 47.2 Å². The first-order valence-corrected chi connectivity index (χ1v) is 9.62. The molecule has 0 aromatic heterocycles. The van der Waals surface area contributed by atoms with Crippen LogP contribution < -0.4 is 0 Å². The molecule has 0 saturated heterocycles. The highest BCUT2D eigenvalue weighted by Crippen LogP contribution is 2.34. The summed E-state index contributed by atoms with van der Waals surface area (Å²) in [6.07, 6.45) is -3.03. The maximum atomic E-state index is 13.3. The largest absolute Gasteiger partial charge is 0.416 e. The minimum Gasteiger partial charge on any atom is -0.390 e. The zero-order valence-corrected chi connectivity index (χ0v) is 16.1. The molecular weight excluding hydrogens is 365 g/mol. The molecule has 6 heteroatoms. The number of alkyl halides is 3. The molecule has 0 radical (unpaired) electrons. The lowest BCUT2D eigenvalue weighted by molar-refractivity contribution is -0.138. The van der Waals surface area contributed by atoms with Crippen molar-refractivity contribution < 1.29 is 18.3 Å². The predicted octanol–water partition coefficient (Wildman–Crippen LogP) is 4.16. The van der Waals surface area contributed by atoms with Crippen molar-refractivity contribution in [2.75, 3.05) is 20.1 Å². The van der Waals surface area contributed by atoms with Crippen LogP contribution in [0.5, 0.6) is 0 Å². The van der Waals surface area contributed by atoms with E-state index in [1.165, 1.54) is 12.1 Å². The summed E-state index contributed by atoms with van der Waals surface area (Å²) in [5, 5.41) is 10.5. The summed E-state index contributed by atoms with van der Waals surface area (Å²) < 4.78 is 39.8. The van der Waals surface area contributed by atoms with Crippen molar-refractivity contribution >= 4 is 0 Å². The lowest BCUT2D eigenvalue weighted by Gasteiger charge is -2.28. The Labute approximate surface area is 164 Å². The average Bonchev–Trinajstić information content (AvgIpc) is 3.46. The molecule has 0 heterocycles. The Bertz CT molecular complexity index is 747. The fourth-order valence-corrected chi connectivity index (χ4v) is 3.58. The summed E-state index contributed by atoms with van der Waals surface area (Å²) in [5.41, 5.74) is 0.846. The first-order valence-electron chi connectivity index (χ1n) is 9.62. The van der Waals surface area contributed by atoms with Gasteiger partial charge in [-0.05, 0) is 37.1 Å². The topological polar surface area (TPSA) is 26.7 Å². The van der Waals surface area contributed by atoms with Crippen molar-refractivity contribution in [1.29, 1.82) is 0 Å². The molecule has 1 aliphatic carbocycles. The molecule has 3 rings (SSSR count). The summed E-state index contributed by atoms with van der Waals surface area (Å²) in [6.45, 7) is 1.77. The highest BCUT2D eigenvalue weighted by molar-refractivity contribution is 5.29. The summed E-state index contributed by atoms with van der Waals surface area (Å²) in [6, 6.07) is 16.0. The van der Waals surface area contributed by atoms with Crippen molar-refractivity contribution in [3.05, 3.63) is 71.3 Å². The quantitative estimate of drug-likeness (QED) is 0.694. The molecule has 0 amide bonds. The van der Waals surface area contributed by atoms with E-state index in [0.717, 1.165) is 31.0 Å². The van der Waals surface area contributed by atoms with Crippen LogP contribution in [-0.4, -0.2) is 47.2 Å². The Kier molecular flexibility index (Phi) is 6.75. The summed E-state index contributed by atoms with van der Waals surface area (Å²) in [4.78, 5) is 4.03. The fraction of sp³-hybridized carbons (Fsp3) is 0.455. The van der Waals surface area contributed by atoms with Crippen LogP contribution in [0.15, 0.2) is 54.6 Å². The third kappa shape index (κ3) is 6.06. The number of halogens is 3. The third-order valence-corrected chi connectivity index (χ3v) is 5.02. The second-order valence-corrected chi connectivity index (χ2v) is 7.65. The molecule has 1 aliphatic rings. The van der Waals surface area contributed by atoms with E-state index in [1.54, 1.807) is 6.07 Å². The number of likely N-dealkylation sites (N-methyl/N-ethyl adjacent to an activating group) is 1. The zero-order chi connectivity index (χ0) is 20.1. The van der Waals surface area contributed by atoms with E-state index >= 15 is 0 Å². The number of nitrogens with zero attached hydrogens (tertiary/aromatic N) is 2. The van der Waals surface area contributed by atoms with Crippen molar-refractivity contribution in [2.45, 2.75) is 44.3 Å². The molecule has 0 aliphatic heterocycles. The summed E-state index contributed by atoms with van der Waals surface area (Å²) in [5.74, 6) is 0.